The monoisotopic (exact) mass is 329 g/mol. The zero-order chi connectivity index (χ0) is 17.2. The minimum absolute atomic E-state index is 0.160. The Morgan fingerprint density at radius 1 is 1.21 bits per heavy atom. The number of rotatable bonds is 2. The van der Waals surface area contributed by atoms with Gasteiger partial charge in [-0.3, -0.25) is 0 Å². The predicted octanol–water partition coefficient (Wildman–Crippen LogP) is 3.26. The molecule has 2 heterocycles. The first kappa shape index (κ1) is 17.3. The summed E-state index contributed by atoms with van der Waals surface area (Å²) in [5, 5.41) is 0. The van der Waals surface area contributed by atoms with E-state index in [9.17, 15) is 4.79 Å². The number of nitrogens with zero attached hydrogens (tertiary/aromatic N) is 3. The van der Waals surface area contributed by atoms with E-state index in [-0.39, 0.29) is 6.03 Å². The molecule has 2 aliphatic rings. The fourth-order valence-electron chi connectivity index (χ4n) is 4.51. The molecule has 132 valence electrons. The van der Waals surface area contributed by atoms with Crippen molar-refractivity contribution in [1.82, 2.24) is 14.7 Å². The first-order valence-electron chi connectivity index (χ1n) is 9.26. The maximum Gasteiger partial charge on any atom is 0.319 e. The van der Waals surface area contributed by atoms with Crippen LogP contribution >= 0.6 is 0 Å². The van der Waals surface area contributed by atoms with Crippen LogP contribution in [0.1, 0.15) is 37.7 Å². The van der Waals surface area contributed by atoms with Gasteiger partial charge in [-0.1, -0.05) is 37.3 Å². The van der Waals surface area contributed by atoms with Crippen molar-refractivity contribution in [1.29, 1.82) is 0 Å². The molecule has 0 saturated carbocycles. The van der Waals surface area contributed by atoms with Crippen molar-refractivity contribution in [2.24, 2.45) is 5.41 Å². The maximum absolute atomic E-state index is 12.2. The van der Waals surface area contributed by atoms with Crippen LogP contribution in [0.2, 0.25) is 0 Å². The molecular formula is C20H31N3O. The summed E-state index contributed by atoms with van der Waals surface area (Å²) >= 11 is 0. The second-order valence-corrected chi connectivity index (χ2v) is 7.80. The number of likely N-dealkylation sites (N-methyl/N-ethyl adjacent to an activating group) is 1. The Labute approximate surface area is 146 Å². The van der Waals surface area contributed by atoms with E-state index in [4.69, 9.17) is 0 Å². The average Bonchev–Trinajstić information content (AvgIpc) is 2.62. The first-order valence-corrected chi connectivity index (χ1v) is 9.26. The van der Waals surface area contributed by atoms with Crippen LogP contribution in [0.15, 0.2) is 30.3 Å². The lowest BCUT2D eigenvalue weighted by Gasteiger charge is -2.50. The van der Waals surface area contributed by atoms with Gasteiger partial charge in [0, 0.05) is 40.3 Å². The molecule has 1 spiro atoms. The summed E-state index contributed by atoms with van der Waals surface area (Å²) in [4.78, 5) is 18.6. The number of carbonyl (C=O) groups is 1. The van der Waals surface area contributed by atoms with Gasteiger partial charge in [0.1, 0.15) is 0 Å². The molecule has 0 aliphatic carbocycles. The van der Waals surface area contributed by atoms with Crippen LogP contribution in [0.4, 0.5) is 4.79 Å². The smallest absolute Gasteiger partial charge is 0.319 e. The fourth-order valence-corrected chi connectivity index (χ4v) is 4.51. The van der Waals surface area contributed by atoms with Gasteiger partial charge in [0.15, 0.2) is 0 Å². The third kappa shape index (κ3) is 3.59. The van der Waals surface area contributed by atoms with Crippen molar-refractivity contribution in [3.05, 3.63) is 35.9 Å². The molecular weight excluding hydrogens is 298 g/mol. The third-order valence-corrected chi connectivity index (χ3v) is 5.91. The SMILES string of the molecule is CCN1C[C@H](c2ccccc2)CC2(CCN(C(=O)N(C)C)CC2)C1. The molecule has 1 aromatic rings. The van der Waals surface area contributed by atoms with Gasteiger partial charge in [-0.05, 0) is 42.7 Å². The van der Waals surface area contributed by atoms with Gasteiger partial charge in [-0.15, -0.1) is 0 Å². The minimum atomic E-state index is 0.160. The highest BCUT2D eigenvalue weighted by atomic mass is 16.2. The van der Waals surface area contributed by atoms with Crippen LogP contribution in [-0.4, -0.2) is 67.5 Å². The van der Waals surface area contributed by atoms with Crippen molar-refractivity contribution < 1.29 is 4.79 Å². The molecule has 4 heteroatoms. The Morgan fingerprint density at radius 3 is 2.46 bits per heavy atom. The van der Waals surface area contributed by atoms with Crippen molar-refractivity contribution >= 4 is 6.03 Å². The molecule has 0 bridgehead atoms. The Bertz CT molecular complexity index is 549. The number of carbonyl (C=O) groups excluding carboxylic acids is 1. The topological polar surface area (TPSA) is 26.8 Å². The number of piperidine rings is 2. The largest absolute Gasteiger partial charge is 0.331 e. The van der Waals surface area contributed by atoms with Gasteiger partial charge < -0.3 is 14.7 Å². The first-order chi connectivity index (χ1) is 11.5. The number of hydrogen-bond acceptors (Lipinski definition) is 2. The van der Waals surface area contributed by atoms with Crippen molar-refractivity contribution in [3.63, 3.8) is 0 Å². The highest BCUT2D eigenvalue weighted by Crippen LogP contribution is 2.45. The maximum atomic E-state index is 12.2. The van der Waals surface area contributed by atoms with Gasteiger partial charge in [0.25, 0.3) is 0 Å². The van der Waals surface area contributed by atoms with E-state index in [2.05, 4.69) is 42.2 Å². The molecule has 2 fully saturated rings. The van der Waals surface area contributed by atoms with Crippen LogP contribution < -0.4 is 0 Å². The number of urea groups is 1. The molecule has 0 N–H and O–H groups in total. The molecule has 2 amide bonds. The van der Waals surface area contributed by atoms with Crippen LogP contribution in [0.25, 0.3) is 0 Å². The molecule has 0 radical (unpaired) electrons. The predicted molar refractivity (Wildman–Crippen MR) is 98.2 cm³/mol. The summed E-state index contributed by atoms with van der Waals surface area (Å²) in [5.74, 6) is 0.621. The summed E-state index contributed by atoms with van der Waals surface area (Å²) in [7, 11) is 3.69. The van der Waals surface area contributed by atoms with Gasteiger partial charge >= 0.3 is 6.03 Å². The normalized spacial score (nSPS) is 24.1. The molecule has 0 aromatic heterocycles. The number of benzene rings is 1. The molecule has 0 unspecified atom stereocenters. The van der Waals surface area contributed by atoms with Gasteiger partial charge in [-0.25, -0.2) is 4.79 Å². The van der Waals surface area contributed by atoms with E-state index in [1.807, 2.05) is 19.0 Å². The Hall–Kier alpha value is -1.55. The molecule has 1 aromatic carbocycles. The summed E-state index contributed by atoms with van der Waals surface area (Å²) in [6.45, 7) is 7.54. The second-order valence-electron chi connectivity index (χ2n) is 7.80. The zero-order valence-corrected chi connectivity index (χ0v) is 15.4. The van der Waals surface area contributed by atoms with E-state index in [0.717, 1.165) is 32.5 Å². The summed E-state index contributed by atoms with van der Waals surface area (Å²) in [6.07, 6.45) is 3.52. The molecule has 1 atom stereocenters. The van der Waals surface area contributed by atoms with Crippen molar-refractivity contribution in [2.75, 3.05) is 46.8 Å². The number of amides is 2. The van der Waals surface area contributed by atoms with Crippen LogP contribution in [0.5, 0.6) is 0 Å². The van der Waals surface area contributed by atoms with E-state index in [1.54, 1.807) is 4.90 Å². The molecule has 4 nitrogen and oxygen atoms in total. The zero-order valence-electron chi connectivity index (χ0n) is 15.4. The van der Waals surface area contributed by atoms with Crippen molar-refractivity contribution in [2.45, 2.75) is 32.1 Å². The van der Waals surface area contributed by atoms with E-state index in [0.29, 0.717) is 11.3 Å². The van der Waals surface area contributed by atoms with Crippen molar-refractivity contribution in [3.8, 4) is 0 Å². The Kier molecular flexibility index (Phi) is 5.14. The van der Waals surface area contributed by atoms with E-state index < -0.39 is 0 Å². The summed E-state index contributed by atoms with van der Waals surface area (Å²) < 4.78 is 0. The van der Waals surface area contributed by atoms with Crippen LogP contribution in [0, 0.1) is 5.41 Å². The fraction of sp³-hybridized carbons (Fsp3) is 0.650. The molecule has 2 aliphatic heterocycles. The molecule has 24 heavy (non-hydrogen) atoms. The summed E-state index contributed by atoms with van der Waals surface area (Å²) in [5.41, 5.74) is 1.85. The number of likely N-dealkylation sites (tertiary alicyclic amines) is 2. The van der Waals surface area contributed by atoms with Gasteiger partial charge in [0.05, 0.1) is 0 Å². The second kappa shape index (κ2) is 7.14. The highest BCUT2D eigenvalue weighted by molar-refractivity contribution is 5.73. The molecule has 2 saturated heterocycles. The van der Waals surface area contributed by atoms with E-state index >= 15 is 0 Å². The Balaban J connectivity index is 1.72. The number of hydrogen-bond donors (Lipinski definition) is 0. The van der Waals surface area contributed by atoms with Gasteiger partial charge in [0.2, 0.25) is 0 Å². The van der Waals surface area contributed by atoms with E-state index in [1.165, 1.54) is 25.1 Å². The highest BCUT2D eigenvalue weighted by Gasteiger charge is 2.42. The lowest BCUT2D eigenvalue weighted by molar-refractivity contribution is 0.0222. The summed E-state index contributed by atoms with van der Waals surface area (Å²) in [6, 6.07) is 11.1. The standard InChI is InChI=1S/C20H31N3O/c1-4-22-15-18(17-8-6-5-7-9-17)14-20(16-22)10-12-23(13-11-20)19(24)21(2)3/h5-9,18H,4,10-16H2,1-3H3/t18-/m1/s1. The average molecular weight is 329 g/mol. The van der Waals surface area contributed by atoms with Crippen LogP contribution in [-0.2, 0) is 0 Å². The Morgan fingerprint density at radius 2 is 1.88 bits per heavy atom. The minimum Gasteiger partial charge on any atom is -0.331 e. The molecule has 3 rings (SSSR count). The lowest BCUT2D eigenvalue weighted by atomic mass is 9.68. The third-order valence-electron chi connectivity index (χ3n) is 5.91. The van der Waals surface area contributed by atoms with Crippen LogP contribution in [0.3, 0.4) is 0 Å². The lowest BCUT2D eigenvalue weighted by Crippen LogP contribution is -2.53. The van der Waals surface area contributed by atoms with Gasteiger partial charge in [-0.2, -0.15) is 0 Å². The quantitative estimate of drug-likeness (QED) is 0.833.